The van der Waals surface area contributed by atoms with Crippen molar-refractivity contribution in [2.75, 3.05) is 0 Å². The summed E-state index contributed by atoms with van der Waals surface area (Å²) in [5.74, 6) is 0. The van der Waals surface area contributed by atoms with E-state index in [1.54, 1.807) is 6.33 Å². The third kappa shape index (κ3) is 0.930. The molecule has 2 heterocycles. The predicted molar refractivity (Wildman–Crippen MR) is 55.5 cm³/mol. The van der Waals surface area contributed by atoms with Gasteiger partial charge in [0.25, 0.3) is 0 Å². The van der Waals surface area contributed by atoms with E-state index in [4.69, 9.17) is 11.6 Å². The number of hydrogen-bond acceptors (Lipinski definition) is 2. The topological polar surface area (TPSA) is 30.2 Å². The lowest BCUT2D eigenvalue weighted by molar-refractivity contribution is 1.11. The first-order valence-electron chi connectivity index (χ1n) is 4.23. The van der Waals surface area contributed by atoms with Crippen molar-refractivity contribution in [3.8, 4) is 0 Å². The molecule has 1 aromatic carbocycles. The number of halogens is 1. The molecule has 3 rings (SSSR count). The van der Waals surface area contributed by atoms with Gasteiger partial charge in [0.05, 0.1) is 10.5 Å². The van der Waals surface area contributed by atoms with Crippen molar-refractivity contribution in [3.63, 3.8) is 0 Å². The predicted octanol–water partition coefficient (Wildman–Crippen LogP) is 2.54. The Morgan fingerprint density at radius 3 is 3.00 bits per heavy atom. The van der Waals surface area contributed by atoms with E-state index in [1.165, 1.54) is 0 Å². The van der Waals surface area contributed by atoms with Crippen LogP contribution in [-0.2, 0) is 0 Å². The molecular formula is C10H6ClN3. The Kier molecular flexibility index (Phi) is 1.49. The second-order valence-corrected chi connectivity index (χ2v) is 3.48. The smallest absolute Gasteiger partial charge is 0.179 e. The lowest BCUT2D eigenvalue weighted by atomic mass is 10.2. The SMILES string of the molecule is Clc1cc2ccccc2n2cnnc12. The van der Waals surface area contributed by atoms with E-state index in [2.05, 4.69) is 10.2 Å². The molecule has 4 heteroatoms. The van der Waals surface area contributed by atoms with E-state index >= 15 is 0 Å². The first kappa shape index (κ1) is 7.76. The van der Waals surface area contributed by atoms with Crippen LogP contribution in [0.3, 0.4) is 0 Å². The lowest BCUT2D eigenvalue weighted by Crippen LogP contribution is -1.87. The van der Waals surface area contributed by atoms with Crippen molar-refractivity contribution in [1.29, 1.82) is 0 Å². The fourth-order valence-corrected chi connectivity index (χ4v) is 1.85. The van der Waals surface area contributed by atoms with Gasteiger partial charge < -0.3 is 0 Å². The van der Waals surface area contributed by atoms with Crippen molar-refractivity contribution in [3.05, 3.63) is 41.7 Å². The first-order chi connectivity index (χ1) is 6.86. The van der Waals surface area contributed by atoms with Crippen LogP contribution in [0.1, 0.15) is 0 Å². The van der Waals surface area contributed by atoms with Gasteiger partial charge in [-0.2, -0.15) is 0 Å². The largest absolute Gasteiger partial charge is 0.280 e. The van der Waals surface area contributed by atoms with Gasteiger partial charge in [-0.05, 0) is 12.1 Å². The summed E-state index contributed by atoms with van der Waals surface area (Å²) in [6.07, 6.45) is 1.67. The maximum absolute atomic E-state index is 6.05. The monoisotopic (exact) mass is 203 g/mol. The van der Waals surface area contributed by atoms with Gasteiger partial charge in [0.2, 0.25) is 0 Å². The number of rotatable bonds is 0. The molecule has 0 unspecified atom stereocenters. The van der Waals surface area contributed by atoms with Gasteiger partial charge in [-0.15, -0.1) is 10.2 Å². The van der Waals surface area contributed by atoms with E-state index < -0.39 is 0 Å². The van der Waals surface area contributed by atoms with Gasteiger partial charge in [0.1, 0.15) is 6.33 Å². The van der Waals surface area contributed by atoms with Crippen LogP contribution < -0.4 is 0 Å². The number of pyridine rings is 1. The van der Waals surface area contributed by atoms with Gasteiger partial charge in [-0.1, -0.05) is 29.8 Å². The van der Waals surface area contributed by atoms with Crippen LogP contribution in [0.4, 0.5) is 0 Å². The quantitative estimate of drug-likeness (QED) is 0.562. The van der Waals surface area contributed by atoms with E-state index in [0.717, 1.165) is 10.9 Å². The molecule has 0 aliphatic heterocycles. The fraction of sp³-hybridized carbons (Fsp3) is 0. The van der Waals surface area contributed by atoms with Crippen molar-refractivity contribution < 1.29 is 0 Å². The van der Waals surface area contributed by atoms with Crippen LogP contribution in [0.25, 0.3) is 16.6 Å². The molecular weight excluding hydrogens is 198 g/mol. The van der Waals surface area contributed by atoms with Crippen LogP contribution in [-0.4, -0.2) is 14.6 Å². The average Bonchev–Trinajstić information content (AvgIpc) is 2.67. The minimum Gasteiger partial charge on any atom is -0.280 e. The summed E-state index contributed by atoms with van der Waals surface area (Å²) < 4.78 is 1.89. The highest BCUT2D eigenvalue weighted by Crippen LogP contribution is 2.22. The Balaban J connectivity index is 2.66. The molecule has 0 radical (unpaired) electrons. The first-order valence-corrected chi connectivity index (χ1v) is 4.61. The van der Waals surface area contributed by atoms with E-state index in [0.29, 0.717) is 10.7 Å². The van der Waals surface area contributed by atoms with Gasteiger partial charge in [-0.25, -0.2) is 0 Å². The van der Waals surface area contributed by atoms with Crippen molar-refractivity contribution in [1.82, 2.24) is 14.6 Å². The Morgan fingerprint density at radius 2 is 2.07 bits per heavy atom. The van der Waals surface area contributed by atoms with Crippen molar-refractivity contribution in [2.24, 2.45) is 0 Å². The molecule has 0 atom stereocenters. The molecule has 0 aliphatic rings. The molecule has 0 spiro atoms. The molecule has 3 nitrogen and oxygen atoms in total. The fourth-order valence-electron chi connectivity index (χ4n) is 1.60. The van der Waals surface area contributed by atoms with Crippen LogP contribution in [0.2, 0.25) is 5.02 Å². The van der Waals surface area contributed by atoms with E-state index in [1.807, 2.05) is 34.7 Å². The van der Waals surface area contributed by atoms with Crippen LogP contribution in [0, 0.1) is 0 Å². The minimum atomic E-state index is 0.626. The van der Waals surface area contributed by atoms with Gasteiger partial charge in [0.15, 0.2) is 5.65 Å². The number of para-hydroxylation sites is 1. The molecule has 68 valence electrons. The zero-order valence-electron chi connectivity index (χ0n) is 7.18. The molecule has 0 fully saturated rings. The molecule has 0 N–H and O–H groups in total. The second kappa shape index (κ2) is 2.69. The van der Waals surface area contributed by atoms with E-state index in [9.17, 15) is 0 Å². The summed E-state index contributed by atoms with van der Waals surface area (Å²) in [5.41, 5.74) is 1.77. The molecule has 2 aromatic heterocycles. The summed E-state index contributed by atoms with van der Waals surface area (Å²) >= 11 is 6.05. The highest BCUT2D eigenvalue weighted by molar-refractivity contribution is 6.34. The molecule has 0 bridgehead atoms. The Bertz CT molecular complexity index is 615. The van der Waals surface area contributed by atoms with Crippen LogP contribution >= 0.6 is 11.6 Å². The Labute approximate surface area is 84.9 Å². The highest BCUT2D eigenvalue weighted by Gasteiger charge is 2.05. The molecule has 0 saturated heterocycles. The van der Waals surface area contributed by atoms with Crippen molar-refractivity contribution in [2.45, 2.75) is 0 Å². The summed E-state index contributed by atoms with van der Waals surface area (Å²) in [6.45, 7) is 0. The number of hydrogen-bond donors (Lipinski definition) is 0. The molecule has 0 saturated carbocycles. The third-order valence-electron chi connectivity index (χ3n) is 2.24. The summed E-state index contributed by atoms with van der Waals surface area (Å²) in [6, 6.07) is 9.90. The van der Waals surface area contributed by atoms with Crippen LogP contribution in [0.15, 0.2) is 36.7 Å². The maximum atomic E-state index is 6.05. The number of aromatic nitrogens is 3. The lowest BCUT2D eigenvalue weighted by Gasteiger charge is -2.01. The minimum absolute atomic E-state index is 0.626. The van der Waals surface area contributed by atoms with Gasteiger partial charge >= 0.3 is 0 Å². The third-order valence-corrected chi connectivity index (χ3v) is 2.52. The zero-order valence-corrected chi connectivity index (χ0v) is 7.94. The molecule has 0 amide bonds. The highest BCUT2D eigenvalue weighted by atomic mass is 35.5. The zero-order chi connectivity index (χ0) is 9.54. The maximum Gasteiger partial charge on any atom is 0.179 e. The van der Waals surface area contributed by atoms with Crippen molar-refractivity contribution >= 4 is 28.2 Å². The Morgan fingerprint density at radius 1 is 1.21 bits per heavy atom. The summed E-state index contributed by atoms with van der Waals surface area (Å²) in [4.78, 5) is 0. The normalized spacial score (nSPS) is 11.2. The molecule has 14 heavy (non-hydrogen) atoms. The number of nitrogens with zero attached hydrogens (tertiary/aromatic N) is 3. The summed E-state index contributed by atoms with van der Waals surface area (Å²) in [5, 5.41) is 9.50. The average molecular weight is 204 g/mol. The van der Waals surface area contributed by atoms with Crippen LogP contribution in [0.5, 0.6) is 0 Å². The Hall–Kier alpha value is -1.61. The second-order valence-electron chi connectivity index (χ2n) is 3.08. The van der Waals surface area contributed by atoms with Gasteiger partial charge in [0, 0.05) is 5.39 Å². The molecule has 3 aromatic rings. The molecule has 0 aliphatic carbocycles. The number of fused-ring (bicyclic) bond motifs is 3. The van der Waals surface area contributed by atoms with Gasteiger partial charge in [-0.3, -0.25) is 4.40 Å². The standard InChI is InChI=1S/C10H6ClN3/c11-8-5-7-3-1-2-4-9(7)14-6-12-13-10(8)14/h1-6H. The van der Waals surface area contributed by atoms with E-state index in [-0.39, 0.29) is 0 Å². The summed E-state index contributed by atoms with van der Waals surface area (Å²) in [7, 11) is 0. The number of benzene rings is 1.